The first-order valence-electron chi connectivity index (χ1n) is 5.93. The molecule has 0 heterocycles. The van der Waals surface area contributed by atoms with Crippen LogP contribution in [-0.2, 0) is 9.53 Å². The zero-order chi connectivity index (χ0) is 14.4. The fourth-order valence-electron chi connectivity index (χ4n) is 1.55. The lowest BCUT2D eigenvalue weighted by Crippen LogP contribution is -2.20. The van der Waals surface area contributed by atoms with Crippen molar-refractivity contribution in [1.29, 1.82) is 0 Å². The molecule has 20 heavy (non-hydrogen) atoms. The molecule has 0 aliphatic rings. The SMILES string of the molecule is O=C(COC(=O)c1ccccc1)Nc1cccc(I)c1. The average Bonchev–Trinajstić information content (AvgIpc) is 2.46. The molecule has 0 aliphatic carbocycles. The Morgan fingerprint density at radius 1 is 1.05 bits per heavy atom. The summed E-state index contributed by atoms with van der Waals surface area (Å²) >= 11 is 2.16. The van der Waals surface area contributed by atoms with E-state index in [-0.39, 0.29) is 12.5 Å². The van der Waals surface area contributed by atoms with E-state index >= 15 is 0 Å². The number of nitrogens with one attached hydrogen (secondary N) is 1. The summed E-state index contributed by atoms with van der Waals surface area (Å²) in [5.41, 5.74) is 1.10. The van der Waals surface area contributed by atoms with Gasteiger partial charge in [0.2, 0.25) is 0 Å². The van der Waals surface area contributed by atoms with Crippen molar-refractivity contribution in [2.75, 3.05) is 11.9 Å². The molecule has 0 spiro atoms. The number of ether oxygens (including phenoxy) is 1. The molecule has 0 radical (unpaired) electrons. The van der Waals surface area contributed by atoms with E-state index in [4.69, 9.17) is 4.74 Å². The summed E-state index contributed by atoms with van der Waals surface area (Å²) in [6, 6.07) is 15.9. The number of hydrogen-bond donors (Lipinski definition) is 1. The highest BCUT2D eigenvalue weighted by atomic mass is 127. The van der Waals surface area contributed by atoms with Gasteiger partial charge < -0.3 is 10.1 Å². The van der Waals surface area contributed by atoms with Crippen LogP contribution in [0.5, 0.6) is 0 Å². The molecule has 0 fully saturated rings. The first-order chi connectivity index (χ1) is 9.65. The largest absolute Gasteiger partial charge is 0.452 e. The van der Waals surface area contributed by atoms with Gasteiger partial charge in [-0.25, -0.2) is 4.79 Å². The van der Waals surface area contributed by atoms with E-state index in [1.165, 1.54) is 0 Å². The van der Waals surface area contributed by atoms with Gasteiger partial charge in [-0.2, -0.15) is 0 Å². The number of halogens is 1. The van der Waals surface area contributed by atoms with Gasteiger partial charge in [0.25, 0.3) is 5.91 Å². The Morgan fingerprint density at radius 3 is 2.50 bits per heavy atom. The third-order valence-corrected chi connectivity index (χ3v) is 3.12. The van der Waals surface area contributed by atoms with Crippen LogP contribution in [0.4, 0.5) is 5.69 Å². The normalized spacial score (nSPS) is 9.85. The summed E-state index contributed by atoms with van der Waals surface area (Å²) in [7, 11) is 0. The maximum Gasteiger partial charge on any atom is 0.338 e. The van der Waals surface area contributed by atoms with E-state index in [9.17, 15) is 9.59 Å². The Labute approximate surface area is 130 Å². The lowest BCUT2D eigenvalue weighted by atomic mass is 10.2. The van der Waals surface area contributed by atoms with Crippen molar-refractivity contribution in [3.8, 4) is 0 Å². The molecule has 2 rings (SSSR count). The van der Waals surface area contributed by atoms with Crippen LogP contribution >= 0.6 is 22.6 Å². The first-order valence-corrected chi connectivity index (χ1v) is 7.00. The molecule has 2 aromatic rings. The monoisotopic (exact) mass is 381 g/mol. The molecule has 0 unspecified atom stereocenters. The van der Waals surface area contributed by atoms with Crippen molar-refractivity contribution < 1.29 is 14.3 Å². The Morgan fingerprint density at radius 2 is 1.80 bits per heavy atom. The van der Waals surface area contributed by atoms with Gasteiger partial charge in [-0.15, -0.1) is 0 Å². The zero-order valence-electron chi connectivity index (χ0n) is 10.5. The van der Waals surface area contributed by atoms with E-state index in [2.05, 4.69) is 27.9 Å². The Balaban J connectivity index is 1.85. The summed E-state index contributed by atoms with van der Waals surface area (Å²) < 4.78 is 5.95. The molecular weight excluding hydrogens is 369 g/mol. The van der Waals surface area contributed by atoms with Gasteiger partial charge in [0.15, 0.2) is 6.61 Å². The molecule has 4 nitrogen and oxygen atoms in total. The molecule has 0 saturated heterocycles. The minimum atomic E-state index is -0.511. The van der Waals surface area contributed by atoms with Crippen LogP contribution in [0.1, 0.15) is 10.4 Å². The van der Waals surface area contributed by atoms with Crippen LogP contribution in [0.25, 0.3) is 0 Å². The van der Waals surface area contributed by atoms with Crippen LogP contribution in [0.3, 0.4) is 0 Å². The number of carbonyl (C=O) groups excluding carboxylic acids is 2. The second-order valence-corrected chi connectivity index (χ2v) is 5.25. The zero-order valence-corrected chi connectivity index (χ0v) is 12.7. The number of carbonyl (C=O) groups is 2. The number of hydrogen-bond acceptors (Lipinski definition) is 3. The minimum absolute atomic E-state index is 0.306. The standard InChI is InChI=1S/C15H12INO3/c16-12-7-4-8-13(9-12)17-14(18)10-20-15(19)11-5-2-1-3-6-11/h1-9H,10H2,(H,17,18). The predicted octanol–water partition coefficient (Wildman–Crippen LogP) is 3.09. The van der Waals surface area contributed by atoms with Crippen molar-refractivity contribution in [2.24, 2.45) is 0 Å². The third kappa shape index (κ3) is 4.34. The summed E-state index contributed by atoms with van der Waals surface area (Å²) in [4.78, 5) is 23.3. The Bertz CT molecular complexity index is 614. The highest BCUT2D eigenvalue weighted by Gasteiger charge is 2.09. The maximum absolute atomic E-state index is 11.7. The third-order valence-electron chi connectivity index (χ3n) is 2.45. The van der Waals surface area contributed by atoms with E-state index in [0.29, 0.717) is 11.3 Å². The fraction of sp³-hybridized carbons (Fsp3) is 0.0667. The number of amides is 1. The van der Waals surface area contributed by atoms with E-state index in [0.717, 1.165) is 3.57 Å². The maximum atomic E-state index is 11.7. The van der Waals surface area contributed by atoms with Gasteiger partial charge in [0.05, 0.1) is 5.56 Å². The average molecular weight is 381 g/mol. The van der Waals surface area contributed by atoms with Crippen molar-refractivity contribution in [2.45, 2.75) is 0 Å². The molecule has 0 bridgehead atoms. The fourth-order valence-corrected chi connectivity index (χ4v) is 2.10. The van der Waals surface area contributed by atoms with Crippen LogP contribution in [0.2, 0.25) is 0 Å². The molecule has 0 saturated carbocycles. The second kappa shape index (κ2) is 7.04. The molecular formula is C15H12INO3. The second-order valence-electron chi connectivity index (χ2n) is 4.00. The highest BCUT2D eigenvalue weighted by Crippen LogP contribution is 2.12. The molecule has 2 aromatic carbocycles. The highest BCUT2D eigenvalue weighted by molar-refractivity contribution is 14.1. The van der Waals surface area contributed by atoms with Gasteiger partial charge in [-0.1, -0.05) is 24.3 Å². The molecule has 0 atom stereocenters. The first kappa shape index (κ1) is 14.5. The van der Waals surface area contributed by atoms with Gasteiger partial charge in [-0.3, -0.25) is 4.79 Å². The van der Waals surface area contributed by atoms with Gasteiger partial charge >= 0.3 is 5.97 Å². The molecule has 1 amide bonds. The lowest BCUT2D eigenvalue weighted by Gasteiger charge is -2.06. The van der Waals surface area contributed by atoms with Gasteiger partial charge in [-0.05, 0) is 52.9 Å². The molecule has 0 aliphatic heterocycles. The quantitative estimate of drug-likeness (QED) is 0.654. The molecule has 0 aromatic heterocycles. The van der Waals surface area contributed by atoms with Crippen molar-refractivity contribution in [3.63, 3.8) is 0 Å². The van der Waals surface area contributed by atoms with Crippen LogP contribution in [0, 0.1) is 3.57 Å². The lowest BCUT2D eigenvalue weighted by molar-refractivity contribution is -0.119. The van der Waals surface area contributed by atoms with Crippen molar-refractivity contribution in [1.82, 2.24) is 0 Å². The number of benzene rings is 2. The molecule has 102 valence electrons. The topological polar surface area (TPSA) is 55.4 Å². The number of rotatable bonds is 4. The summed E-state index contributed by atoms with van der Waals surface area (Å²) in [5, 5.41) is 2.67. The Kier molecular flexibility index (Phi) is 5.11. The van der Waals surface area contributed by atoms with Gasteiger partial charge in [0.1, 0.15) is 0 Å². The van der Waals surface area contributed by atoms with Crippen LogP contribution < -0.4 is 5.32 Å². The smallest absolute Gasteiger partial charge is 0.338 e. The molecule has 1 N–H and O–H groups in total. The summed E-state index contributed by atoms with van der Waals surface area (Å²) in [6.07, 6.45) is 0. The Hall–Kier alpha value is -1.89. The number of anilines is 1. The van der Waals surface area contributed by atoms with Gasteiger partial charge in [0, 0.05) is 9.26 Å². The van der Waals surface area contributed by atoms with E-state index < -0.39 is 5.97 Å². The summed E-state index contributed by atoms with van der Waals surface area (Å²) in [6.45, 7) is -0.306. The summed E-state index contributed by atoms with van der Waals surface area (Å²) in [5.74, 6) is -0.875. The van der Waals surface area contributed by atoms with E-state index in [1.807, 2.05) is 18.2 Å². The van der Waals surface area contributed by atoms with E-state index in [1.54, 1.807) is 36.4 Å². The predicted molar refractivity (Wildman–Crippen MR) is 84.5 cm³/mol. The molecule has 5 heteroatoms. The minimum Gasteiger partial charge on any atom is -0.452 e. The van der Waals surface area contributed by atoms with Crippen LogP contribution in [0.15, 0.2) is 54.6 Å². The van der Waals surface area contributed by atoms with Crippen LogP contribution in [-0.4, -0.2) is 18.5 Å². The van der Waals surface area contributed by atoms with Crippen molar-refractivity contribution in [3.05, 3.63) is 63.7 Å². The number of esters is 1. The van der Waals surface area contributed by atoms with Crippen molar-refractivity contribution >= 4 is 40.2 Å².